The Morgan fingerprint density at radius 3 is 2.76 bits per heavy atom. The average molecular weight is 351 g/mol. The first-order valence-corrected chi connectivity index (χ1v) is 8.28. The molecule has 1 aliphatic heterocycles. The first-order chi connectivity index (χ1) is 10.1. The number of hydrogen-bond acceptors (Lipinski definition) is 2. The van der Waals surface area contributed by atoms with Gasteiger partial charge in [0.1, 0.15) is 0 Å². The van der Waals surface area contributed by atoms with Crippen molar-refractivity contribution in [3.63, 3.8) is 0 Å². The van der Waals surface area contributed by atoms with Crippen molar-refractivity contribution in [3.8, 4) is 0 Å². The summed E-state index contributed by atoms with van der Waals surface area (Å²) in [5.74, 6) is -0.143. The molecule has 1 aromatic carbocycles. The van der Waals surface area contributed by atoms with Crippen LogP contribution in [0.3, 0.4) is 0 Å². The van der Waals surface area contributed by atoms with Gasteiger partial charge in [0.05, 0.1) is 5.92 Å². The van der Waals surface area contributed by atoms with Crippen molar-refractivity contribution in [2.45, 2.75) is 38.1 Å². The van der Waals surface area contributed by atoms with Crippen LogP contribution in [-0.4, -0.2) is 29.3 Å². The second-order valence-corrected chi connectivity index (χ2v) is 6.80. The third kappa shape index (κ3) is 3.28. The SMILES string of the molecule is O=C(Nc1cccc(Br)c1)[C@H]1CC(=O)N(C2CCCC2)C1. The van der Waals surface area contributed by atoms with E-state index in [0.717, 1.165) is 23.0 Å². The van der Waals surface area contributed by atoms with Crippen molar-refractivity contribution in [2.24, 2.45) is 5.92 Å². The Morgan fingerprint density at radius 2 is 2.05 bits per heavy atom. The quantitative estimate of drug-likeness (QED) is 0.909. The van der Waals surface area contributed by atoms with E-state index in [9.17, 15) is 9.59 Å². The number of amides is 2. The highest BCUT2D eigenvalue weighted by Gasteiger charge is 2.38. The highest BCUT2D eigenvalue weighted by Crippen LogP contribution is 2.30. The van der Waals surface area contributed by atoms with Gasteiger partial charge in [-0.25, -0.2) is 0 Å². The summed E-state index contributed by atoms with van der Waals surface area (Å²) in [5, 5.41) is 2.91. The van der Waals surface area contributed by atoms with Crippen molar-refractivity contribution in [1.29, 1.82) is 0 Å². The molecule has 1 aromatic rings. The summed E-state index contributed by atoms with van der Waals surface area (Å²) in [6, 6.07) is 7.87. The summed E-state index contributed by atoms with van der Waals surface area (Å²) in [5.41, 5.74) is 0.765. The molecule has 21 heavy (non-hydrogen) atoms. The lowest BCUT2D eigenvalue weighted by Crippen LogP contribution is -2.35. The molecule has 2 aliphatic rings. The fourth-order valence-electron chi connectivity index (χ4n) is 3.29. The van der Waals surface area contributed by atoms with Gasteiger partial charge in [0.2, 0.25) is 11.8 Å². The van der Waals surface area contributed by atoms with Crippen LogP contribution in [-0.2, 0) is 9.59 Å². The number of anilines is 1. The predicted molar refractivity (Wildman–Crippen MR) is 84.8 cm³/mol. The second kappa shape index (κ2) is 6.18. The molecular formula is C16H19BrN2O2. The minimum atomic E-state index is -0.225. The van der Waals surface area contributed by atoms with Crippen LogP contribution in [0.4, 0.5) is 5.69 Å². The monoisotopic (exact) mass is 350 g/mol. The summed E-state index contributed by atoms with van der Waals surface area (Å²) in [4.78, 5) is 26.4. The van der Waals surface area contributed by atoms with Crippen molar-refractivity contribution < 1.29 is 9.59 Å². The van der Waals surface area contributed by atoms with Crippen LogP contribution in [0.5, 0.6) is 0 Å². The highest BCUT2D eigenvalue weighted by molar-refractivity contribution is 9.10. The molecule has 2 fully saturated rings. The second-order valence-electron chi connectivity index (χ2n) is 5.89. The maximum absolute atomic E-state index is 12.3. The molecule has 1 saturated carbocycles. The van der Waals surface area contributed by atoms with E-state index in [-0.39, 0.29) is 17.7 Å². The van der Waals surface area contributed by atoms with Crippen LogP contribution in [0.25, 0.3) is 0 Å². The van der Waals surface area contributed by atoms with Crippen LogP contribution in [0.2, 0.25) is 0 Å². The minimum absolute atomic E-state index is 0.0538. The molecule has 0 spiro atoms. The molecule has 2 amide bonds. The van der Waals surface area contributed by atoms with Crippen LogP contribution in [0.15, 0.2) is 28.7 Å². The lowest BCUT2D eigenvalue weighted by Gasteiger charge is -2.23. The largest absolute Gasteiger partial charge is 0.339 e. The van der Waals surface area contributed by atoms with E-state index < -0.39 is 0 Å². The lowest BCUT2D eigenvalue weighted by molar-refractivity contribution is -0.129. The van der Waals surface area contributed by atoms with Gasteiger partial charge in [0.15, 0.2) is 0 Å². The number of likely N-dealkylation sites (tertiary alicyclic amines) is 1. The fraction of sp³-hybridized carbons (Fsp3) is 0.500. The van der Waals surface area contributed by atoms with Crippen LogP contribution in [0.1, 0.15) is 32.1 Å². The van der Waals surface area contributed by atoms with Gasteiger partial charge in [-0.1, -0.05) is 34.8 Å². The summed E-state index contributed by atoms with van der Waals surface area (Å²) >= 11 is 3.39. The van der Waals surface area contributed by atoms with Crippen LogP contribution in [0, 0.1) is 5.92 Å². The smallest absolute Gasteiger partial charge is 0.229 e. The highest BCUT2D eigenvalue weighted by atomic mass is 79.9. The Kier molecular flexibility index (Phi) is 4.29. The van der Waals surface area contributed by atoms with Crippen molar-refractivity contribution in [1.82, 2.24) is 4.90 Å². The number of carbonyl (C=O) groups excluding carboxylic acids is 2. The Bertz CT molecular complexity index is 555. The number of nitrogens with one attached hydrogen (secondary N) is 1. The van der Waals surface area contributed by atoms with E-state index in [4.69, 9.17) is 0 Å². The molecule has 1 atom stereocenters. The molecule has 3 rings (SSSR count). The van der Waals surface area contributed by atoms with Gasteiger partial charge in [0, 0.05) is 29.2 Å². The molecule has 0 aromatic heterocycles. The number of hydrogen-bond donors (Lipinski definition) is 1. The first-order valence-electron chi connectivity index (χ1n) is 7.49. The van der Waals surface area contributed by atoms with Crippen molar-refractivity contribution in [2.75, 3.05) is 11.9 Å². The maximum atomic E-state index is 12.3. The van der Waals surface area contributed by atoms with Gasteiger partial charge in [-0.2, -0.15) is 0 Å². The summed E-state index contributed by atoms with van der Waals surface area (Å²) in [6.07, 6.45) is 4.92. The summed E-state index contributed by atoms with van der Waals surface area (Å²) < 4.78 is 0.926. The Labute approximate surface area is 133 Å². The number of rotatable bonds is 3. The number of halogens is 1. The van der Waals surface area contributed by atoms with Crippen LogP contribution >= 0.6 is 15.9 Å². The van der Waals surface area contributed by atoms with E-state index in [2.05, 4.69) is 21.2 Å². The average Bonchev–Trinajstić information content (AvgIpc) is 3.07. The van der Waals surface area contributed by atoms with Crippen molar-refractivity contribution >= 4 is 33.4 Å². The van der Waals surface area contributed by atoms with Gasteiger partial charge in [-0.3, -0.25) is 9.59 Å². The molecule has 112 valence electrons. The minimum Gasteiger partial charge on any atom is -0.339 e. The molecule has 0 unspecified atom stereocenters. The zero-order valence-corrected chi connectivity index (χ0v) is 13.4. The van der Waals surface area contributed by atoms with Crippen LogP contribution < -0.4 is 5.32 Å². The maximum Gasteiger partial charge on any atom is 0.229 e. The number of carbonyl (C=O) groups is 2. The Balaban J connectivity index is 1.62. The normalized spacial score (nSPS) is 22.8. The molecule has 0 bridgehead atoms. The third-order valence-corrected chi connectivity index (χ3v) is 4.88. The standard InChI is InChI=1S/C16H19BrN2O2/c17-12-4-3-5-13(9-12)18-16(21)11-8-15(20)19(10-11)14-6-1-2-7-14/h3-5,9,11,14H,1-2,6-8,10H2,(H,18,21)/t11-/m0/s1. The van der Waals surface area contributed by atoms with E-state index >= 15 is 0 Å². The Morgan fingerprint density at radius 1 is 1.29 bits per heavy atom. The number of benzene rings is 1. The topological polar surface area (TPSA) is 49.4 Å². The zero-order valence-electron chi connectivity index (χ0n) is 11.8. The molecule has 1 aliphatic carbocycles. The van der Waals surface area contributed by atoms with E-state index in [1.807, 2.05) is 29.2 Å². The molecule has 4 nitrogen and oxygen atoms in total. The fourth-order valence-corrected chi connectivity index (χ4v) is 3.69. The molecule has 1 saturated heterocycles. The van der Waals surface area contributed by atoms with Gasteiger partial charge in [0.25, 0.3) is 0 Å². The summed E-state index contributed by atoms with van der Waals surface area (Å²) in [7, 11) is 0. The molecule has 1 heterocycles. The van der Waals surface area contributed by atoms with Gasteiger partial charge in [-0.05, 0) is 31.0 Å². The molecule has 0 radical (unpaired) electrons. The summed E-state index contributed by atoms with van der Waals surface area (Å²) in [6.45, 7) is 0.573. The first kappa shape index (κ1) is 14.6. The Hall–Kier alpha value is -1.36. The lowest BCUT2D eigenvalue weighted by atomic mass is 10.1. The molecule has 1 N–H and O–H groups in total. The van der Waals surface area contributed by atoms with E-state index in [1.165, 1.54) is 12.8 Å². The predicted octanol–water partition coefficient (Wildman–Crippen LogP) is 3.18. The van der Waals surface area contributed by atoms with Gasteiger partial charge >= 0.3 is 0 Å². The van der Waals surface area contributed by atoms with Gasteiger partial charge < -0.3 is 10.2 Å². The van der Waals surface area contributed by atoms with E-state index in [1.54, 1.807) is 0 Å². The number of nitrogens with zero attached hydrogens (tertiary/aromatic N) is 1. The zero-order chi connectivity index (χ0) is 14.8. The molecule has 5 heteroatoms. The van der Waals surface area contributed by atoms with Crippen molar-refractivity contribution in [3.05, 3.63) is 28.7 Å². The molecular weight excluding hydrogens is 332 g/mol. The third-order valence-electron chi connectivity index (χ3n) is 4.39. The van der Waals surface area contributed by atoms with Gasteiger partial charge in [-0.15, -0.1) is 0 Å². The van der Waals surface area contributed by atoms with E-state index in [0.29, 0.717) is 19.0 Å².